The van der Waals surface area contributed by atoms with Crippen molar-refractivity contribution < 1.29 is 9.11 Å². The maximum absolute atomic E-state index is 9.25. The van der Waals surface area contributed by atoms with Crippen LogP contribution in [0.3, 0.4) is 0 Å². The van der Waals surface area contributed by atoms with Crippen molar-refractivity contribution in [1.82, 2.24) is 4.72 Å². The second kappa shape index (κ2) is 3.76. The van der Waals surface area contributed by atoms with Crippen LogP contribution >= 0.6 is 10.8 Å². The molecule has 1 rings (SSSR count). The van der Waals surface area contributed by atoms with E-state index in [1.165, 1.54) is 0 Å². The smallest absolute Gasteiger partial charge is 0.0720 e. The van der Waals surface area contributed by atoms with Crippen molar-refractivity contribution in [2.75, 3.05) is 7.05 Å². The molecule has 0 unspecified atom stereocenters. The zero-order valence-corrected chi connectivity index (χ0v) is 8.53. The van der Waals surface area contributed by atoms with Crippen LogP contribution < -0.4 is 4.72 Å². The molecule has 0 saturated heterocycles. The summed E-state index contributed by atoms with van der Waals surface area (Å²) in [5, 5.41) is 0. The molecule has 0 aromatic heterocycles. The molecule has 0 aromatic carbocycles. The van der Waals surface area contributed by atoms with E-state index >= 15 is 0 Å². The van der Waals surface area contributed by atoms with Crippen LogP contribution in [-0.2, 0) is 0 Å². The Kier molecular flexibility index (Phi) is 3.84. The molecular weight excluding hydrogens is 162 g/mol. The van der Waals surface area contributed by atoms with Gasteiger partial charge in [0.25, 0.3) is 0 Å². The molecule has 0 atom stereocenters. The predicted molar refractivity (Wildman–Crippen MR) is 50.9 cm³/mol. The minimum Gasteiger partial charge on any atom is -0.285 e. The summed E-state index contributed by atoms with van der Waals surface area (Å²) in [5.41, 5.74) is 0. The number of hydrogen-bond donors (Lipinski definition) is 3. The summed E-state index contributed by atoms with van der Waals surface area (Å²) in [4.78, 5) is 0. The lowest BCUT2D eigenvalue weighted by molar-refractivity contribution is 0.459. The standard InChI is InChI=1S/C5H13NO2S.C2H6/c1-5(3-4-5)9(7,8)6-2;1-2/h6-8H,3-4H2,1-2H3;1-2H3. The topological polar surface area (TPSA) is 52.5 Å². The average molecular weight is 181 g/mol. The summed E-state index contributed by atoms with van der Waals surface area (Å²) in [7, 11) is -0.892. The van der Waals surface area contributed by atoms with Gasteiger partial charge in [-0.1, -0.05) is 13.8 Å². The fourth-order valence-corrected chi connectivity index (χ4v) is 1.87. The molecule has 11 heavy (non-hydrogen) atoms. The Hall–Kier alpha value is 0.230. The van der Waals surface area contributed by atoms with E-state index in [4.69, 9.17) is 0 Å². The summed E-state index contributed by atoms with van der Waals surface area (Å²) in [6.07, 6.45) is 1.85. The molecule has 3 nitrogen and oxygen atoms in total. The SMILES string of the molecule is CC.CNS(O)(O)C1(C)CC1. The van der Waals surface area contributed by atoms with Gasteiger partial charge < -0.3 is 0 Å². The normalized spacial score (nSPS) is 21.6. The fraction of sp³-hybridized carbons (Fsp3) is 1.00. The third-order valence-electron chi connectivity index (χ3n) is 1.93. The summed E-state index contributed by atoms with van der Waals surface area (Å²) in [6, 6.07) is 0. The van der Waals surface area contributed by atoms with Gasteiger partial charge >= 0.3 is 0 Å². The zero-order chi connectivity index (χ0) is 9.12. The largest absolute Gasteiger partial charge is 0.285 e. The molecule has 3 N–H and O–H groups in total. The van der Waals surface area contributed by atoms with Crippen molar-refractivity contribution >= 4 is 10.8 Å². The van der Waals surface area contributed by atoms with Gasteiger partial charge in [-0.3, -0.25) is 9.11 Å². The highest BCUT2D eigenvalue weighted by Crippen LogP contribution is 2.62. The van der Waals surface area contributed by atoms with E-state index in [-0.39, 0.29) is 4.75 Å². The minimum atomic E-state index is -2.47. The Labute approximate surface area is 70.7 Å². The third-order valence-corrected chi connectivity index (χ3v) is 4.28. The lowest BCUT2D eigenvalue weighted by Crippen LogP contribution is -2.26. The van der Waals surface area contributed by atoms with Crippen LogP contribution in [0.5, 0.6) is 0 Å². The van der Waals surface area contributed by atoms with E-state index in [9.17, 15) is 9.11 Å². The zero-order valence-electron chi connectivity index (χ0n) is 7.72. The first kappa shape index (κ1) is 11.2. The highest BCUT2D eigenvalue weighted by atomic mass is 32.3. The molecule has 1 aliphatic rings. The summed E-state index contributed by atoms with van der Waals surface area (Å²) < 4.78 is 20.8. The van der Waals surface area contributed by atoms with Gasteiger partial charge in [-0.25, -0.2) is 4.72 Å². The van der Waals surface area contributed by atoms with E-state index in [0.29, 0.717) is 0 Å². The molecule has 0 amide bonds. The highest BCUT2D eigenvalue weighted by Gasteiger charge is 2.48. The van der Waals surface area contributed by atoms with E-state index in [2.05, 4.69) is 4.72 Å². The first-order valence-electron chi connectivity index (χ1n) is 3.98. The highest BCUT2D eigenvalue weighted by molar-refractivity contribution is 8.24. The van der Waals surface area contributed by atoms with Crippen molar-refractivity contribution in [2.24, 2.45) is 0 Å². The molecule has 0 radical (unpaired) electrons. The van der Waals surface area contributed by atoms with Crippen molar-refractivity contribution in [3.63, 3.8) is 0 Å². The number of nitrogens with one attached hydrogen (secondary N) is 1. The summed E-state index contributed by atoms with van der Waals surface area (Å²) >= 11 is 0. The lowest BCUT2D eigenvalue weighted by Gasteiger charge is -2.37. The Balaban J connectivity index is 0.000000461. The van der Waals surface area contributed by atoms with Gasteiger partial charge in [0.05, 0.1) is 4.75 Å². The number of hydrogen-bond acceptors (Lipinski definition) is 3. The summed E-state index contributed by atoms with van der Waals surface area (Å²) in [6.45, 7) is 5.89. The minimum absolute atomic E-state index is 0.220. The van der Waals surface area contributed by atoms with E-state index in [0.717, 1.165) is 12.8 Å². The first-order valence-corrected chi connectivity index (χ1v) is 5.53. The molecule has 70 valence electrons. The van der Waals surface area contributed by atoms with Gasteiger partial charge in [-0.15, -0.1) is 10.8 Å². The van der Waals surface area contributed by atoms with Crippen molar-refractivity contribution in [3.8, 4) is 0 Å². The van der Waals surface area contributed by atoms with Gasteiger partial charge in [0.15, 0.2) is 0 Å². The Morgan fingerprint density at radius 3 is 1.73 bits per heavy atom. The summed E-state index contributed by atoms with van der Waals surface area (Å²) in [5.74, 6) is 0. The van der Waals surface area contributed by atoms with Gasteiger partial charge in [-0.2, -0.15) is 0 Å². The number of rotatable bonds is 2. The molecule has 0 spiro atoms. The van der Waals surface area contributed by atoms with Crippen molar-refractivity contribution in [1.29, 1.82) is 0 Å². The molecular formula is C7H19NO2S. The van der Waals surface area contributed by atoms with Crippen LogP contribution in [0.4, 0.5) is 0 Å². The van der Waals surface area contributed by atoms with Crippen LogP contribution in [0.1, 0.15) is 33.6 Å². The monoisotopic (exact) mass is 181 g/mol. The first-order chi connectivity index (χ1) is 5.02. The van der Waals surface area contributed by atoms with Gasteiger partial charge in [0, 0.05) is 7.05 Å². The molecule has 4 heteroatoms. The van der Waals surface area contributed by atoms with Gasteiger partial charge in [-0.05, 0) is 19.8 Å². The van der Waals surface area contributed by atoms with Gasteiger partial charge in [0.1, 0.15) is 0 Å². The predicted octanol–water partition coefficient (Wildman–Crippen LogP) is 2.45. The quantitative estimate of drug-likeness (QED) is 0.613. The van der Waals surface area contributed by atoms with E-state index in [1.54, 1.807) is 7.05 Å². The Bertz CT molecular complexity index is 124. The van der Waals surface area contributed by atoms with Crippen LogP contribution in [0.15, 0.2) is 0 Å². The van der Waals surface area contributed by atoms with Crippen LogP contribution in [0, 0.1) is 0 Å². The Morgan fingerprint density at radius 2 is 1.64 bits per heavy atom. The van der Waals surface area contributed by atoms with Crippen LogP contribution in [-0.4, -0.2) is 20.9 Å². The molecule has 1 fully saturated rings. The molecule has 0 bridgehead atoms. The maximum Gasteiger partial charge on any atom is 0.0720 e. The second-order valence-corrected chi connectivity index (χ2v) is 5.19. The maximum atomic E-state index is 9.25. The van der Waals surface area contributed by atoms with Crippen molar-refractivity contribution in [3.05, 3.63) is 0 Å². The molecule has 1 aliphatic carbocycles. The van der Waals surface area contributed by atoms with Gasteiger partial charge in [0.2, 0.25) is 0 Å². The van der Waals surface area contributed by atoms with Crippen molar-refractivity contribution in [2.45, 2.75) is 38.4 Å². The molecule has 0 aliphatic heterocycles. The van der Waals surface area contributed by atoms with Crippen LogP contribution in [0.25, 0.3) is 0 Å². The van der Waals surface area contributed by atoms with E-state index < -0.39 is 10.8 Å². The molecule has 0 heterocycles. The van der Waals surface area contributed by atoms with E-state index in [1.807, 2.05) is 20.8 Å². The molecule has 1 saturated carbocycles. The third kappa shape index (κ3) is 2.33. The lowest BCUT2D eigenvalue weighted by atomic mass is 10.5. The average Bonchev–Trinajstić information content (AvgIpc) is 2.74. The fourth-order valence-electron chi connectivity index (χ4n) is 0.707. The molecule has 0 aromatic rings. The second-order valence-electron chi connectivity index (χ2n) is 2.70. The van der Waals surface area contributed by atoms with Crippen LogP contribution in [0.2, 0.25) is 0 Å². The Morgan fingerprint density at radius 1 is 1.27 bits per heavy atom.